The zero-order valence-electron chi connectivity index (χ0n) is 23.9. The fourth-order valence-electron chi connectivity index (χ4n) is 4.26. The van der Waals surface area contributed by atoms with E-state index in [-0.39, 0.29) is 23.0 Å². The maximum Gasteiger partial charge on any atom is 0.264 e. The minimum Gasteiger partial charge on any atom is -0.350 e. The molecule has 0 spiro atoms. The Bertz CT molecular complexity index is 1430. The van der Waals surface area contributed by atoms with E-state index >= 15 is 0 Å². The fourth-order valence-corrected chi connectivity index (χ4v) is 5.85. The molecule has 0 aliphatic heterocycles. The molecule has 3 rings (SSSR count). The highest BCUT2D eigenvalue weighted by Crippen LogP contribution is 2.27. The van der Waals surface area contributed by atoms with Crippen LogP contribution >= 0.6 is 11.6 Å². The summed E-state index contributed by atoms with van der Waals surface area (Å²) in [4.78, 5) is 29.0. The second-order valence-corrected chi connectivity index (χ2v) is 13.3. The number of sulfonamides is 1. The molecule has 1 atom stereocenters. The molecule has 0 heterocycles. The molecule has 40 heavy (non-hydrogen) atoms. The van der Waals surface area contributed by atoms with Gasteiger partial charge in [-0.3, -0.25) is 13.9 Å². The van der Waals surface area contributed by atoms with Crippen molar-refractivity contribution >= 4 is 39.1 Å². The Hall–Kier alpha value is -3.36. The van der Waals surface area contributed by atoms with E-state index in [4.69, 9.17) is 11.6 Å². The molecule has 3 aromatic rings. The fraction of sp³-hybridized carbons (Fsp3) is 0.355. The molecule has 0 saturated heterocycles. The lowest BCUT2D eigenvalue weighted by Crippen LogP contribution is -2.55. The van der Waals surface area contributed by atoms with Crippen LogP contribution in [0.4, 0.5) is 5.69 Å². The molecule has 7 nitrogen and oxygen atoms in total. The molecule has 0 unspecified atom stereocenters. The Morgan fingerprint density at radius 3 is 2.02 bits per heavy atom. The van der Waals surface area contributed by atoms with E-state index < -0.39 is 34.1 Å². The van der Waals surface area contributed by atoms with E-state index in [9.17, 15) is 18.0 Å². The molecule has 0 saturated carbocycles. The lowest BCUT2D eigenvalue weighted by molar-refractivity contribution is -0.141. The highest BCUT2D eigenvalue weighted by atomic mass is 35.5. The minimum atomic E-state index is -4.15. The van der Waals surface area contributed by atoms with Crippen LogP contribution in [0.25, 0.3) is 0 Å². The third kappa shape index (κ3) is 8.08. The number of amides is 2. The summed E-state index contributed by atoms with van der Waals surface area (Å²) in [5.74, 6) is -0.807. The quantitative estimate of drug-likeness (QED) is 0.323. The van der Waals surface area contributed by atoms with Gasteiger partial charge in [0.25, 0.3) is 10.0 Å². The minimum absolute atomic E-state index is 0.0495. The number of aryl methyl sites for hydroxylation is 2. The van der Waals surface area contributed by atoms with E-state index in [2.05, 4.69) is 5.32 Å². The van der Waals surface area contributed by atoms with Crippen LogP contribution in [0, 0.1) is 13.8 Å². The highest BCUT2D eigenvalue weighted by molar-refractivity contribution is 7.92. The largest absolute Gasteiger partial charge is 0.350 e. The zero-order chi connectivity index (χ0) is 29.7. The van der Waals surface area contributed by atoms with Gasteiger partial charge in [-0.2, -0.15) is 0 Å². The molecule has 0 radical (unpaired) electrons. The standard InChI is InChI=1S/C31H38ClN3O4S/c1-7-28(30(37)33-31(4,5)6)34(20-24-15-11-22(2)12-16-24)29(36)21-35(26-10-8-9-25(32)19-26)40(38,39)27-17-13-23(3)14-18-27/h8-19,28H,7,20-21H2,1-6H3,(H,33,37)/t28-/m1/s1. The number of rotatable bonds is 10. The molecule has 0 fully saturated rings. The van der Waals surface area contributed by atoms with Crippen LogP contribution in [0.2, 0.25) is 5.02 Å². The second kappa shape index (κ2) is 12.9. The number of nitrogens with zero attached hydrogens (tertiary/aromatic N) is 2. The van der Waals surface area contributed by atoms with Gasteiger partial charge in [-0.05, 0) is 76.9 Å². The van der Waals surface area contributed by atoms with Crippen LogP contribution in [0.1, 0.15) is 50.8 Å². The van der Waals surface area contributed by atoms with Gasteiger partial charge in [0.15, 0.2) is 0 Å². The number of carbonyl (C=O) groups excluding carboxylic acids is 2. The van der Waals surface area contributed by atoms with Crippen molar-refractivity contribution in [1.29, 1.82) is 0 Å². The Morgan fingerprint density at radius 1 is 0.925 bits per heavy atom. The number of hydrogen-bond donors (Lipinski definition) is 1. The van der Waals surface area contributed by atoms with Gasteiger partial charge >= 0.3 is 0 Å². The van der Waals surface area contributed by atoms with Crippen LogP contribution in [0.5, 0.6) is 0 Å². The predicted octanol–water partition coefficient (Wildman–Crippen LogP) is 5.87. The van der Waals surface area contributed by atoms with Crippen molar-refractivity contribution in [3.63, 3.8) is 0 Å². The number of carbonyl (C=O) groups is 2. The number of benzene rings is 3. The molecule has 0 aliphatic rings. The van der Waals surface area contributed by atoms with Crippen molar-refractivity contribution in [3.8, 4) is 0 Å². The summed E-state index contributed by atoms with van der Waals surface area (Å²) in [7, 11) is -4.15. The number of anilines is 1. The third-order valence-electron chi connectivity index (χ3n) is 6.34. The summed E-state index contributed by atoms with van der Waals surface area (Å²) in [6, 6.07) is 19.7. The zero-order valence-corrected chi connectivity index (χ0v) is 25.5. The smallest absolute Gasteiger partial charge is 0.264 e. The number of halogens is 1. The lowest BCUT2D eigenvalue weighted by atomic mass is 10.1. The molecule has 0 bridgehead atoms. The van der Waals surface area contributed by atoms with Crippen LogP contribution in [0.15, 0.2) is 77.7 Å². The van der Waals surface area contributed by atoms with Gasteiger partial charge in [-0.1, -0.05) is 72.1 Å². The van der Waals surface area contributed by atoms with Gasteiger partial charge in [-0.25, -0.2) is 8.42 Å². The van der Waals surface area contributed by atoms with E-state index in [0.717, 1.165) is 21.0 Å². The summed E-state index contributed by atoms with van der Waals surface area (Å²) in [6.07, 6.45) is 0.349. The summed E-state index contributed by atoms with van der Waals surface area (Å²) in [5.41, 5.74) is 2.55. The first-order valence-corrected chi connectivity index (χ1v) is 15.0. The van der Waals surface area contributed by atoms with Crippen molar-refractivity contribution in [2.24, 2.45) is 0 Å². The van der Waals surface area contributed by atoms with Gasteiger partial charge < -0.3 is 10.2 Å². The molecule has 0 aromatic heterocycles. The average Bonchev–Trinajstić information content (AvgIpc) is 2.87. The first kappa shape index (κ1) is 31.2. The SMILES string of the molecule is CC[C@H](C(=O)NC(C)(C)C)N(Cc1ccc(C)cc1)C(=O)CN(c1cccc(Cl)c1)S(=O)(=O)c1ccc(C)cc1. The predicted molar refractivity (Wildman–Crippen MR) is 161 cm³/mol. The summed E-state index contributed by atoms with van der Waals surface area (Å²) >= 11 is 6.23. The van der Waals surface area contributed by atoms with Crippen molar-refractivity contribution in [2.75, 3.05) is 10.8 Å². The molecule has 2 amide bonds. The number of nitrogens with one attached hydrogen (secondary N) is 1. The van der Waals surface area contributed by atoms with Gasteiger partial charge in [0.05, 0.1) is 10.6 Å². The van der Waals surface area contributed by atoms with Crippen molar-refractivity contribution in [2.45, 2.75) is 71.0 Å². The van der Waals surface area contributed by atoms with E-state index in [1.165, 1.54) is 23.1 Å². The monoisotopic (exact) mass is 583 g/mol. The Kier molecular flexibility index (Phi) is 10.0. The summed E-state index contributed by atoms with van der Waals surface area (Å²) in [6.45, 7) is 10.9. The summed E-state index contributed by atoms with van der Waals surface area (Å²) in [5, 5.41) is 3.31. The maximum atomic E-state index is 14.1. The Labute approximate surface area is 243 Å². The van der Waals surface area contributed by atoms with Gasteiger partial charge in [0.2, 0.25) is 11.8 Å². The van der Waals surface area contributed by atoms with Crippen molar-refractivity contribution in [1.82, 2.24) is 10.2 Å². The second-order valence-electron chi connectivity index (χ2n) is 11.0. The van der Waals surface area contributed by atoms with E-state index in [0.29, 0.717) is 11.4 Å². The van der Waals surface area contributed by atoms with Crippen LogP contribution in [-0.2, 0) is 26.2 Å². The van der Waals surface area contributed by atoms with E-state index in [1.807, 2.05) is 65.8 Å². The van der Waals surface area contributed by atoms with Crippen molar-refractivity contribution < 1.29 is 18.0 Å². The van der Waals surface area contributed by atoms with Gasteiger partial charge in [-0.15, -0.1) is 0 Å². The molecule has 1 N–H and O–H groups in total. The Morgan fingerprint density at radius 2 is 1.50 bits per heavy atom. The molecule has 214 valence electrons. The summed E-state index contributed by atoms with van der Waals surface area (Å²) < 4.78 is 28.9. The molecular weight excluding hydrogens is 546 g/mol. The average molecular weight is 584 g/mol. The first-order chi connectivity index (χ1) is 18.7. The number of hydrogen-bond acceptors (Lipinski definition) is 4. The Balaban J connectivity index is 2.07. The van der Waals surface area contributed by atoms with Gasteiger partial charge in [0, 0.05) is 17.1 Å². The van der Waals surface area contributed by atoms with Crippen LogP contribution in [-0.4, -0.2) is 43.3 Å². The first-order valence-electron chi connectivity index (χ1n) is 13.2. The molecular formula is C31H38ClN3O4S. The maximum absolute atomic E-state index is 14.1. The third-order valence-corrected chi connectivity index (χ3v) is 8.36. The topological polar surface area (TPSA) is 86.8 Å². The lowest BCUT2D eigenvalue weighted by Gasteiger charge is -2.34. The molecule has 9 heteroatoms. The molecule has 3 aromatic carbocycles. The highest BCUT2D eigenvalue weighted by Gasteiger charge is 2.34. The van der Waals surface area contributed by atoms with Crippen molar-refractivity contribution in [3.05, 3.63) is 94.5 Å². The van der Waals surface area contributed by atoms with Crippen LogP contribution < -0.4 is 9.62 Å². The van der Waals surface area contributed by atoms with Gasteiger partial charge in [0.1, 0.15) is 12.6 Å². The van der Waals surface area contributed by atoms with Crippen LogP contribution in [0.3, 0.4) is 0 Å². The normalized spacial score (nSPS) is 12.5. The molecule has 0 aliphatic carbocycles. The van der Waals surface area contributed by atoms with E-state index in [1.54, 1.807) is 30.3 Å².